The van der Waals surface area contributed by atoms with E-state index >= 15 is 0 Å². The van der Waals surface area contributed by atoms with Crippen LogP contribution in [0.5, 0.6) is 0 Å². The minimum Gasteiger partial charge on any atom is -0.354 e. The molecule has 1 aromatic carbocycles. The van der Waals surface area contributed by atoms with E-state index in [9.17, 15) is 0 Å². The number of rotatable bonds is 4. The maximum Gasteiger partial charge on any atom is 0.174 e. The zero-order valence-electron chi connectivity index (χ0n) is 9.88. The molecule has 0 aliphatic heterocycles. The molecule has 0 N–H and O–H groups in total. The van der Waals surface area contributed by atoms with Crippen LogP contribution in [0.2, 0.25) is 0 Å². The molecular formula is C13H14N2O2. The summed E-state index contributed by atoms with van der Waals surface area (Å²) in [6.07, 6.45) is 1.66. The number of nitriles is 1. The van der Waals surface area contributed by atoms with Crippen LogP contribution in [0.25, 0.3) is 10.9 Å². The van der Waals surface area contributed by atoms with Crippen molar-refractivity contribution in [3.63, 3.8) is 0 Å². The summed E-state index contributed by atoms with van der Waals surface area (Å²) in [5.41, 5.74) is 1.70. The van der Waals surface area contributed by atoms with Crippen molar-refractivity contribution in [2.45, 2.75) is 12.8 Å². The molecule has 4 heteroatoms. The topological polar surface area (TPSA) is 47.2 Å². The molecular weight excluding hydrogens is 216 g/mol. The second kappa shape index (κ2) is 5.00. The highest BCUT2D eigenvalue weighted by molar-refractivity contribution is 5.85. The third-order valence-corrected chi connectivity index (χ3v) is 2.81. The van der Waals surface area contributed by atoms with Gasteiger partial charge in [0.1, 0.15) is 0 Å². The van der Waals surface area contributed by atoms with Crippen molar-refractivity contribution in [1.29, 1.82) is 5.26 Å². The third kappa shape index (κ3) is 2.16. The van der Waals surface area contributed by atoms with Crippen LogP contribution in [0.15, 0.2) is 30.5 Å². The average molecular weight is 230 g/mol. The molecule has 0 amide bonds. The molecule has 1 aromatic heterocycles. The predicted molar refractivity (Wildman–Crippen MR) is 64.5 cm³/mol. The molecule has 0 bridgehead atoms. The highest BCUT2D eigenvalue weighted by Crippen LogP contribution is 2.20. The van der Waals surface area contributed by atoms with E-state index in [4.69, 9.17) is 14.7 Å². The summed E-state index contributed by atoms with van der Waals surface area (Å²) in [6.45, 7) is 0.603. The summed E-state index contributed by atoms with van der Waals surface area (Å²) in [5.74, 6) is 0. The fraction of sp³-hybridized carbons (Fsp3) is 0.308. The SMILES string of the molecule is COC(Cn1ccc2c(C#N)cccc21)OC. The fourth-order valence-electron chi connectivity index (χ4n) is 1.89. The van der Waals surface area contributed by atoms with E-state index in [0.29, 0.717) is 12.1 Å². The lowest BCUT2D eigenvalue weighted by atomic mass is 10.1. The molecule has 2 rings (SSSR count). The minimum atomic E-state index is -0.281. The van der Waals surface area contributed by atoms with E-state index in [1.165, 1.54) is 0 Å². The average Bonchev–Trinajstić information content (AvgIpc) is 2.79. The van der Waals surface area contributed by atoms with Crippen molar-refractivity contribution in [2.75, 3.05) is 14.2 Å². The van der Waals surface area contributed by atoms with E-state index in [1.54, 1.807) is 14.2 Å². The van der Waals surface area contributed by atoms with Gasteiger partial charge in [-0.15, -0.1) is 0 Å². The van der Waals surface area contributed by atoms with Gasteiger partial charge < -0.3 is 14.0 Å². The van der Waals surface area contributed by atoms with E-state index in [0.717, 1.165) is 10.9 Å². The molecule has 0 aliphatic rings. The van der Waals surface area contributed by atoms with Crippen molar-refractivity contribution in [3.05, 3.63) is 36.0 Å². The number of hydrogen-bond acceptors (Lipinski definition) is 3. The van der Waals surface area contributed by atoms with E-state index < -0.39 is 0 Å². The standard InChI is InChI=1S/C13H14N2O2/c1-16-13(17-2)9-15-7-6-11-10(8-14)4-3-5-12(11)15/h3-7,13H,9H2,1-2H3. The molecule has 0 atom stereocenters. The normalized spacial score (nSPS) is 10.9. The number of hydrogen-bond donors (Lipinski definition) is 0. The van der Waals surface area contributed by atoms with Crippen LogP contribution in [0.3, 0.4) is 0 Å². The lowest BCUT2D eigenvalue weighted by molar-refractivity contribution is -0.110. The molecule has 0 spiro atoms. The molecule has 0 fully saturated rings. The lowest BCUT2D eigenvalue weighted by Crippen LogP contribution is -2.19. The van der Waals surface area contributed by atoms with Crippen LogP contribution in [-0.2, 0) is 16.0 Å². The van der Waals surface area contributed by atoms with Gasteiger partial charge in [-0.2, -0.15) is 5.26 Å². The first kappa shape index (κ1) is 11.6. The molecule has 2 aromatic rings. The second-order valence-corrected chi connectivity index (χ2v) is 3.72. The van der Waals surface area contributed by atoms with Crippen molar-refractivity contribution in [2.24, 2.45) is 0 Å². The highest BCUT2D eigenvalue weighted by Gasteiger charge is 2.10. The first-order valence-corrected chi connectivity index (χ1v) is 5.33. The van der Waals surface area contributed by atoms with Crippen LogP contribution in [0, 0.1) is 11.3 Å². The first-order valence-electron chi connectivity index (χ1n) is 5.33. The Bertz CT molecular complexity index is 550. The lowest BCUT2D eigenvalue weighted by Gasteiger charge is -2.14. The number of ether oxygens (including phenoxy) is 2. The van der Waals surface area contributed by atoms with Gasteiger partial charge in [-0.05, 0) is 18.2 Å². The second-order valence-electron chi connectivity index (χ2n) is 3.72. The Balaban J connectivity index is 2.40. The van der Waals surface area contributed by atoms with Gasteiger partial charge in [0.2, 0.25) is 0 Å². The smallest absolute Gasteiger partial charge is 0.174 e. The summed E-state index contributed by atoms with van der Waals surface area (Å²) in [6, 6.07) is 9.81. The van der Waals surface area contributed by atoms with Crippen molar-refractivity contribution >= 4 is 10.9 Å². The summed E-state index contributed by atoms with van der Waals surface area (Å²) in [5, 5.41) is 9.97. The Morgan fingerprint density at radius 3 is 2.71 bits per heavy atom. The zero-order valence-corrected chi connectivity index (χ0v) is 9.88. The van der Waals surface area contributed by atoms with Crippen molar-refractivity contribution in [1.82, 2.24) is 4.57 Å². The van der Waals surface area contributed by atoms with Crippen LogP contribution in [-0.4, -0.2) is 25.1 Å². The molecule has 0 saturated carbocycles. The van der Waals surface area contributed by atoms with Gasteiger partial charge in [0.15, 0.2) is 6.29 Å². The van der Waals surface area contributed by atoms with Crippen LogP contribution < -0.4 is 0 Å². The highest BCUT2D eigenvalue weighted by atomic mass is 16.7. The van der Waals surface area contributed by atoms with Crippen LogP contribution in [0.1, 0.15) is 5.56 Å². The third-order valence-electron chi connectivity index (χ3n) is 2.81. The van der Waals surface area contributed by atoms with Crippen LogP contribution in [0.4, 0.5) is 0 Å². The fourth-order valence-corrected chi connectivity index (χ4v) is 1.89. The number of aromatic nitrogens is 1. The number of nitrogens with zero attached hydrogens (tertiary/aromatic N) is 2. The molecule has 4 nitrogen and oxygen atoms in total. The molecule has 0 unspecified atom stereocenters. The Kier molecular flexibility index (Phi) is 3.43. The summed E-state index contributed by atoms with van der Waals surface area (Å²) < 4.78 is 12.4. The van der Waals surface area contributed by atoms with Gasteiger partial charge in [-0.25, -0.2) is 0 Å². The summed E-state index contributed by atoms with van der Waals surface area (Å²) in [4.78, 5) is 0. The van der Waals surface area contributed by atoms with Crippen molar-refractivity contribution in [3.8, 4) is 6.07 Å². The molecule has 17 heavy (non-hydrogen) atoms. The van der Waals surface area contributed by atoms with Gasteiger partial charge >= 0.3 is 0 Å². The van der Waals surface area contributed by atoms with Gasteiger partial charge in [0.05, 0.1) is 18.2 Å². The van der Waals surface area contributed by atoms with Gasteiger partial charge in [-0.3, -0.25) is 0 Å². The van der Waals surface area contributed by atoms with Crippen molar-refractivity contribution < 1.29 is 9.47 Å². The van der Waals surface area contributed by atoms with Gasteiger partial charge in [-0.1, -0.05) is 6.07 Å². The summed E-state index contributed by atoms with van der Waals surface area (Å²) >= 11 is 0. The molecule has 88 valence electrons. The Morgan fingerprint density at radius 1 is 1.29 bits per heavy atom. The van der Waals surface area contributed by atoms with E-state index in [2.05, 4.69) is 6.07 Å². The number of fused-ring (bicyclic) bond motifs is 1. The monoisotopic (exact) mass is 230 g/mol. The first-order chi connectivity index (χ1) is 8.30. The Morgan fingerprint density at radius 2 is 2.06 bits per heavy atom. The number of methoxy groups -OCH3 is 2. The number of benzene rings is 1. The minimum absolute atomic E-state index is 0.281. The molecule has 1 heterocycles. The van der Waals surface area contributed by atoms with Crippen LogP contribution >= 0.6 is 0 Å². The molecule has 0 radical (unpaired) electrons. The molecule has 0 aliphatic carbocycles. The largest absolute Gasteiger partial charge is 0.354 e. The maximum absolute atomic E-state index is 9.01. The quantitative estimate of drug-likeness (QED) is 0.756. The van der Waals surface area contributed by atoms with Gasteiger partial charge in [0, 0.05) is 31.3 Å². The Labute approximate surface area is 100.0 Å². The van der Waals surface area contributed by atoms with E-state index in [-0.39, 0.29) is 6.29 Å². The predicted octanol–water partition coefficient (Wildman–Crippen LogP) is 2.13. The zero-order chi connectivity index (χ0) is 12.3. The molecule has 0 saturated heterocycles. The Hall–Kier alpha value is -1.83. The van der Waals surface area contributed by atoms with Gasteiger partial charge in [0.25, 0.3) is 0 Å². The van der Waals surface area contributed by atoms with E-state index in [1.807, 2.05) is 35.0 Å². The summed E-state index contributed by atoms with van der Waals surface area (Å²) in [7, 11) is 3.22. The maximum atomic E-state index is 9.01.